The minimum Gasteiger partial charge on any atom is -0.486 e. The molecule has 1 aromatic carbocycles. The molecule has 2 nitrogen and oxygen atoms in total. The van der Waals surface area contributed by atoms with Crippen molar-refractivity contribution in [2.75, 3.05) is 13.1 Å². The summed E-state index contributed by atoms with van der Waals surface area (Å²) in [7, 11) is 0. The Morgan fingerprint density at radius 3 is 2.89 bits per heavy atom. The molecule has 0 aromatic heterocycles. The van der Waals surface area contributed by atoms with Gasteiger partial charge in [-0.25, -0.2) is 0 Å². The van der Waals surface area contributed by atoms with Gasteiger partial charge in [0.2, 0.25) is 0 Å². The maximum absolute atomic E-state index is 6.24. The smallest absolute Gasteiger partial charge is 0.138 e. The van der Waals surface area contributed by atoms with Crippen molar-refractivity contribution < 1.29 is 4.74 Å². The third-order valence-corrected chi connectivity index (χ3v) is 4.34. The van der Waals surface area contributed by atoms with Crippen LogP contribution in [-0.4, -0.2) is 18.7 Å². The van der Waals surface area contributed by atoms with Crippen LogP contribution in [0.3, 0.4) is 0 Å². The zero-order chi connectivity index (χ0) is 12.6. The lowest BCUT2D eigenvalue weighted by Crippen LogP contribution is -2.23. The van der Waals surface area contributed by atoms with Crippen LogP contribution in [0, 0.1) is 12.8 Å². The van der Waals surface area contributed by atoms with Crippen molar-refractivity contribution in [3.8, 4) is 5.75 Å². The fraction of sp³-hybridized carbons (Fsp3) is 0.600. The fourth-order valence-electron chi connectivity index (χ4n) is 2.82. The molecule has 1 heterocycles. The fourth-order valence-corrected chi connectivity index (χ4v) is 3.10. The predicted molar refractivity (Wildman–Crippen MR) is 74.4 cm³/mol. The first-order valence-electron chi connectivity index (χ1n) is 6.83. The first-order valence-corrected chi connectivity index (χ1v) is 7.21. The van der Waals surface area contributed by atoms with Crippen LogP contribution in [0.4, 0.5) is 0 Å². The van der Waals surface area contributed by atoms with E-state index in [1.807, 2.05) is 19.1 Å². The number of ether oxygens (including phenoxy) is 1. The van der Waals surface area contributed by atoms with Gasteiger partial charge in [-0.05, 0) is 69.3 Å². The van der Waals surface area contributed by atoms with Crippen LogP contribution >= 0.6 is 11.6 Å². The molecule has 98 valence electrons. The average Bonchev–Trinajstić information content (AvgIpc) is 2.86. The Kier molecular flexibility index (Phi) is 3.25. The van der Waals surface area contributed by atoms with Gasteiger partial charge in [-0.2, -0.15) is 0 Å². The molecule has 2 aliphatic rings. The SMILES string of the molecule is Cc1ccc(OC2(CC3CCNC3)CC2)c(Cl)c1. The van der Waals surface area contributed by atoms with Gasteiger partial charge in [-0.1, -0.05) is 17.7 Å². The van der Waals surface area contributed by atoms with Crippen molar-refractivity contribution in [3.63, 3.8) is 0 Å². The molecule has 1 aromatic rings. The first kappa shape index (κ1) is 12.3. The summed E-state index contributed by atoms with van der Waals surface area (Å²) in [5.41, 5.74) is 1.26. The Hall–Kier alpha value is -0.730. The molecule has 1 saturated carbocycles. The maximum atomic E-state index is 6.24. The van der Waals surface area contributed by atoms with Gasteiger partial charge in [0.15, 0.2) is 0 Å². The molecule has 3 heteroatoms. The van der Waals surface area contributed by atoms with E-state index in [1.165, 1.54) is 31.2 Å². The standard InChI is InChI=1S/C15H20ClNO/c1-11-2-3-14(13(16)8-11)18-15(5-6-15)9-12-4-7-17-10-12/h2-3,8,12,17H,4-7,9-10H2,1H3. The number of nitrogens with one attached hydrogen (secondary N) is 1. The summed E-state index contributed by atoms with van der Waals surface area (Å²) in [6, 6.07) is 6.04. The Morgan fingerprint density at radius 1 is 1.44 bits per heavy atom. The summed E-state index contributed by atoms with van der Waals surface area (Å²) in [4.78, 5) is 0. The van der Waals surface area contributed by atoms with Crippen LogP contribution in [0.2, 0.25) is 5.02 Å². The maximum Gasteiger partial charge on any atom is 0.138 e. The Morgan fingerprint density at radius 2 is 2.28 bits per heavy atom. The largest absolute Gasteiger partial charge is 0.486 e. The molecule has 1 aliphatic carbocycles. The van der Waals surface area contributed by atoms with Gasteiger partial charge in [-0.15, -0.1) is 0 Å². The molecule has 0 amide bonds. The highest BCUT2D eigenvalue weighted by Crippen LogP contribution is 2.47. The molecule has 0 radical (unpaired) electrons. The summed E-state index contributed by atoms with van der Waals surface area (Å²) < 4.78 is 6.20. The number of hydrogen-bond donors (Lipinski definition) is 1. The number of rotatable bonds is 4. The second-order valence-electron chi connectivity index (χ2n) is 5.78. The van der Waals surface area contributed by atoms with Gasteiger partial charge >= 0.3 is 0 Å². The second kappa shape index (κ2) is 4.75. The van der Waals surface area contributed by atoms with Crippen molar-refractivity contribution in [2.45, 2.75) is 38.2 Å². The summed E-state index contributed by atoms with van der Waals surface area (Å²) in [5.74, 6) is 1.63. The molecule has 1 unspecified atom stereocenters. The molecule has 18 heavy (non-hydrogen) atoms. The molecule has 1 N–H and O–H groups in total. The molecule has 1 saturated heterocycles. The summed E-state index contributed by atoms with van der Waals surface area (Å²) >= 11 is 6.24. The monoisotopic (exact) mass is 265 g/mol. The van der Waals surface area contributed by atoms with Crippen molar-refractivity contribution in [1.82, 2.24) is 5.32 Å². The number of benzene rings is 1. The third kappa shape index (κ3) is 2.65. The van der Waals surface area contributed by atoms with Gasteiger partial charge in [0, 0.05) is 0 Å². The van der Waals surface area contributed by atoms with E-state index in [0.717, 1.165) is 29.8 Å². The summed E-state index contributed by atoms with van der Waals surface area (Å²) in [5, 5.41) is 4.17. The van der Waals surface area contributed by atoms with E-state index in [-0.39, 0.29) is 5.60 Å². The molecule has 1 atom stereocenters. The summed E-state index contributed by atoms with van der Waals surface area (Å²) in [6.45, 7) is 4.35. The topological polar surface area (TPSA) is 21.3 Å². The lowest BCUT2D eigenvalue weighted by molar-refractivity contribution is 0.148. The number of hydrogen-bond acceptors (Lipinski definition) is 2. The Balaban J connectivity index is 1.67. The van der Waals surface area contributed by atoms with Crippen LogP contribution in [0.25, 0.3) is 0 Å². The van der Waals surface area contributed by atoms with E-state index in [9.17, 15) is 0 Å². The van der Waals surface area contributed by atoms with Gasteiger partial charge in [0.05, 0.1) is 5.02 Å². The van der Waals surface area contributed by atoms with Gasteiger partial charge in [-0.3, -0.25) is 0 Å². The van der Waals surface area contributed by atoms with Crippen LogP contribution in [-0.2, 0) is 0 Å². The van der Waals surface area contributed by atoms with Crippen molar-refractivity contribution in [2.24, 2.45) is 5.92 Å². The molecule has 1 aliphatic heterocycles. The molecule has 3 rings (SSSR count). The zero-order valence-corrected chi connectivity index (χ0v) is 11.6. The van der Waals surface area contributed by atoms with E-state index < -0.39 is 0 Å². The highest BCUT2D eigenvalue weighted by atomic mass is 35.5. The quantitative estimate of drug-likeness (QED) is 0.899. The Bertz CT molecular complexity index is 436. The molecular weight excluding hydrogens is 246 g/mol. The Labute approximate surface area is 114 Å². The minimum atomic E-state index is 0.0790. The van der Waals surface area contributed by atoms with Crippen LogP contribution in [0.15, 0.2) is 18.2 Å². The van der Waals surface area contributed by atoms with E-state index in [2.05, 4.69) is 11.4 Å². The van der Waals surface area contributed by atoms with Crippen molar-refractivity contribution in [3.05, 3.63) is 28.8 Å². The molecular formula is C15H20ClNO. The van der Waals surface area contributed by atoms with Gasteiger partial charge in [0.25, 0.3) is 0 Å². The van der Waals surface area contributed by atoms with E-state index in [0.29, 0.717) is 0 Å². The van der Waals surface area contributed by atoms with Gasteiger partial charge < -0.3 is 10.1 Å². The lowest BCUT2D eigenvalue weighted by atomic mass is 9.99. The molecule has 0 bridgehead atoms. The lowest BCUT2D eigenvalue weighted by Gasteiger charge is -2.22. The van der Waals surface area contributed by atoms with Crippen molar-refractivity contribution in [1.29, 1.82) is 0 Å². The van der Waals surface area contributed by atoms with Crippen LogP contribution in [0.5, 0.6) is 5.75 Å². The minimum absolute atomic E-state index is 0.0790. The van der Waals surface area contributed by atoms with Crippen molar-refractivity contribution >= 4 is 11.6 Å². The first-order chi connectivity index (χ1) is 8.67. The van der Waals surface area contributed by atoms with E-state index >= 15 is 0 Å². The number of halogens is 1. The average molecular weight is 266 g/mol. The summed E-state index contributed by atoms with van der Waals surface area (Å²) in [6.07, 6.45) is 4.80. The van der Waals surface area contributed by atoms with Gasteiger partial charge in [0.1, 0.15) is 11.4 Å². The number of aryl methyl sites for hydroxylation is 1. The molecule has 0 spiro atoms. The molecule has 2 fully saturated rings. The highest BCUT2D eigenvalue weighted by Gasteiger charge is 2.47. The van der Waals surface area contributed by atoms with Crippen LogP contribution in [0.1, 0.15) is 31.2 Å². The zero-order valence-electron chi connectivity index (χ0n) is 10.8. The highest BCUT2D eigenvalue weighted by molar-refractivity contribution is 6.32. The second-order valence-corrected chi connectivity index (χ2v) is 6.19. The normalized spacial score (nSPS) is 25.1. The predicted octanol–water partition coefficient (Wildman–Crippen LogP) is 3.56. The third-order valence-electron chi connectivity index (χ3n) is 4.04. The van der Waals surface area contributed by atoms with E-state index in [1.54, 1.807) is 0 Å². The van der Waals surface area contributed by atoms with Crippen LogP contribution < -0.4 is 10.1 Å². The van der Waals surface area contributed by atoms with E-state index in [4.69, 9.17) is 16.3 Å².